The van der Waals surface area contributed by atoms with Gasteiger partial charge in [-0.25, -0.2) is 0 Å². The maximum Gasteiger partial charge on any atom is 0.118 e. The number of nitrogens with one attached hydrogen (secondary N) is 1. The molecule has 1 N–H and O–H groups in total. The first-order chi connectivity index (χ1) is 9.74. The highest BCUT2D eigenvalue weighted by molar-refractivity contribution is 9.10. The van der Waals surface area contributed by atoms with Crippen molar-refractivity contribution in [2.75, 3.05) is 13.7 Å². The zero-order valence-electron chi connectivity index (χ0n) is 11.8. The number of hydrogen-bond donors (Lipinski definition) is 1. The number of methoxy groups -OCH3 is 1. The molecule has 1 atom stereocenters. The Morgan fingerprint density at radius 3 is 2.50 bits per heavy atom. The molecule has 1 aromatic carbocycles. The van der Waals surface area contributed by atoms with Crippen LogP contribution in [0.4, 0.5) is 0 Å². The summed E-state index contributed by atoms with van der Waals surface area (Å²) < 4.78 is 6.20. The van der Waals surface area contributed by atoms with Crippen molar-refractivity contribution in [2.24, 2.45) is 0 Å². The third-order valence-corrected chi connectivity index (χ3v) is 3.56. The summed E-state index contributed by atoms with van der Waals surface area (Å²) in [5, 5.41) is 3.54. The van der Waals surface area contributed by atoms with Gasteiger partial charge in [0.1, 0.15) is 5.75 Å². The second-order valence-electron chi connectivity index (χ2n) is 4.56. The minimum absolute atomic E-state index is 0.106. The summed E-state index contributed by atoms with van der Waals surface area (Å²) >= 11 is 3.42. The van der Waals surface area contributed by atoms with Crippen LogP contribution in [0.1, 0.15) is 30.6 Å². The van der Waals surface area contributed by atoms with Crippen LogP contribution in [0.5, 0.6) is 5.75 Å². The fourth-order valence-electron chi connectivity index (χ4n) is 2.04. The summed E-state index contributed by atoms with van der Waals surface area (Å²) in [6, 6.07) is 12.3. The largest absolute Gasteiger partial charge is 0.497 e. The van der Waals surface area contributed by atoms with Gasteiger partial charge < -0.3 is 10.1 Å². The van der Waals surface area contributed by atoms with E-state index in [1.165, 1.54) is 5.56 Å². The van der Waals surface area contributed by atoms with Crippen molar-refractivity contribution in [1.82, 2.24) is 10.3 Å². The molecule has 0 amide bonds. The average Bonchev–Trinajstić information content (AvgIpc) is 2.50. The Kier molecular flexibility index (Phi) is 5.56. The van der Waals surface area contributed by atoms with Gasteiger partial charge >= 0.3 is 0 Å². The van der Waals surface area contributed by atoms with Gasteiger partial charge in [0.05, 0.1) is 18.8 Å². The van der Waals surface area contributed by atoms with Gasteiger partial charge in [0.15, 0.2) is 0 Å². The SMILES string of the molecule is CCCNC(c1ccc(OC)cc1)c1ccc(Br)cn1. The summed E-state index contributed by atoms with van der Waals surface area (Å²) in [4.78, 5) is 4.51. The molecule has 0 aliphatic carbocycles. The third kappa shape index (κ3) is 3.81. The van der Waals surface area contributed by atoms with Gasteiger partial charge in [0.25, 0.3) is 0 Å². The number of benzene rings is 1. The molecule has 20 heavy (non-hydrogen) atoms. The number of nitrogens with zero attached hydrogens (tertiary/aromatic N) is 1. The molecule has 0 aliphatic heterocycles. The van der Waals surface area contributed by atoms with Gasteiger partial charge in [-0.15, -0.1) is 0 Å². The third-order valence-electron chi connectivity index (χ3n) is 3.09. The van der Waals surface area contributed by atoms with Gasteiger partial charge in [0.2, 0.25) is 0 Å². The van der Waals surface area contributed by atoms with Crippen molar-refractivity contribution < 1.29 is 4.74 Å². The molecule has 0 saturated carbocycles. The lowest BCUT2D eigenvalue weighted by molar-refractivity contribution is 0.414. The highest BCUT2D eigenvalue weighted by Crippen LogP contribution is 2.23. The molecule has 0 spiro atoms. The maximum atomic E-state index is 5.21. The summed E-state index contributed by atoms with van der Waals surface area (Å²) in [5.74, 6) is 0.867. The fraction of sp³-hybridized carbons (Fsp3) is 0.312. The fourth-order valence-corrected chi connectivity index (χ4v) is 2.27. The molecule has 0 fully saturated rings. The highest BCUT2D eigenvalue weighted by Gasteiger charge is 2.14. The predicted octanol–water partition coefficient (Wildman–Crippen LogP) is 3.94. The number of hydrogen-bond acceptors (Lipinski definition) is 3. The van der Waals surface area contributed by atoms with Crippen LogP contribution >= 0.6 is 15.9 Å². The van der Waals surface area contributed by atoms with Crippen molar-refractivity contribution in [3.05, 3.63) is 58.3 Å². The van der Waals surface area contributed by atoms with Crippen LogP contribution in [0.25, 0.3) is 0 Å². The quantitative estimate of drug-likeness (QED) is 0.868. The first-order valence-electron chi connectivity index (χ1n) is 6.73. The van der Waals surface area contributed by atoms with Gasteiger partial charge in [-0.2, -0.15) is 0 Å². The van der Waals surface area contributed by atoms with Crippen molar-refractivity contribution >= 4 is 15.9 Å². The molecular weight excluding hydrogens is 316 g/mol. The van der Waals surface area contributed by atoms with Gasteiger partial charge in [-0.1, -0.05) is 19.1 Å². The average molecular weight is 335 g/mol. The highest BCUT2D eigenvalue weighted by atomic mass is 79.9. The second-order valence-corrected chi connectivity index (χ2v) is 5.48. The van der Waals surface area contributed by atoms with Crippen LogP contribution in [0, 0.1) is 0 Å². The van der Waals surface area contributed by atoms with Crippen molar-refractivity contribution in [1.29, 1.82) is 0 Å². The Bertz CT molecular complexity index is 525. The molecule has 1 unspecified atom stereocenters. The number of halogens is 1. The number of aromatic nitrogens is 1. The molecule has 106 valence electrons. The smallest absolute Gasteiger partial charge is 0.118 e. The zero-order chi connectivity index (χ0) is 14.4. The number of pyridine rings is 1. The van der Waals surface area contributed by atoms with E-state index in [1.54, 1.807) is 7.11 Å². The lowest BCUT2D eigenvalue weighted by Gasteiger charge is -2.19. The van der Waals surface area contributed by atoms with Gasteiger partial charge in [-0.05, 0) is 58.7 Å². The van der Waals surface area contributed by atoms with Crippen LogP contribution in [-0.2, 0) is 0 Å². The van der Waals surface area contributed by atoms with Crippen LogP contribution in [0.3, 0.4) is 0 Å². The Balaban J connectivity index is 2.27. The standard InChI is InChI=1S/C16H19BrN2O/c1-3-10-18-16(15-9-6-13(17)11-19-15)12-4-7-14(20-2)8-5-12/h4-9,11,16,18H,3,10H2,1-2H3. The van der Waals surface area contributed by atoms with E-state index in [0.29, 0.717) is 0 Å². The molecular formula is C16H19BrN2O. The van der Waals surface area contributed by atoms with E-state index in [4.69, 9.17) is 4.74 Å². The number of ether oxygens (including phenoxy) is 1. The Labute approximate surface area is 128 Å². The van der Waals surface area contributed by atoms with Crippen molar-refractivity contribution in [3.8, 4) is 5.75 Å². The van der Waals surface area contributed by atoms with E-state index in [9.17, 15) is 0 Å². The first-order valence-corrected chi connectivity index (χ1v) is 7.52. The molecule has 2 aromatic rings. The van der Waals surface area contributed by atoms with E-state index >= 15 is 0 Å². The predicted molar refractivity (Wildman–Crippen MR) is 85.1 cm³/mol. The van der Waals surface area contributed by atoms with Gasteiger partial charge in [-0.3, -0.25) is 4.98 Å². The molecule has 1 heterocycles. The molecule has 1 aromatic heterocycles. The van der Waals surface area contributed by atoms with E-state index in [1.807, 2.05) is 30.5 Å². The van der Waals surface area contributed by atoms with Crippen LogP contribution in [0.15, 0.2) is 47.1 Å². The minimum atomic E-state index is 0.106. The molecule has 0 radical (unpaired) electrons. The zero-order valence-corrected chi connectivity index (χ0v) is 13.4. The number of rotatable bonds is 6. The van der Waals surface area contributed by atoms with E-state index < -0.39 is 0 Å². The lowest BCUT2D eigenvalue weighted by atomic mass is 10.0. The van der Waals surface area contributed by atoms with Crippen LogP contribution in [0.2, 0.25) is 0 Å². The van der Waals surface area contributed by atoms with Crippen molar-refractivity contribution in [2.45, 2.75) is 19.4 Å². The summed E-state index contributed by atoms with van der Waals surface area (Å²) in [5.41, 5.74) is 2.21. The van der Waals surface area contributed by atoms with Crippen molar-refractivity contribution in [3.63, 3.8) is 0 Å². The summed E-state index contributed by atoms with van der Waals surface area (Å²) in [6.07, 6.45) is 2.92. The molecule has 2 rings (SSSR count). The lowest BCUT2D eigenvalue weighted by Crippen LogP contribution is -2.24. The van der Waals surface area contributed by atoms with Gasteiger partial charge in [0, 0.05) is 10.7 Å². The van der Waals surface area contributed by atoms with E-state index in [-0.39, 0.29) is 6.04 Å². The van der Waals surface area contributed by atoms with Crippen LogP contribution in [-0.4, -0.2) is 18.6 Å². The summed E-state index contributed by atoms with van der Waals surface area (Å²) in [6.45, 7) is 3.11. The maximum absolute atomic E-state index is 5.21. The Morgan fingerprint density at radius 2 is 1.95 bits per heavy atom. The Hall–Kier alpha value is -1.39. The van der Waals surface area contributed by atoms with E-state index in [0.717, 1.165) is 28.9 Å². The van der Waals surface area contributed by atoms with E-state index in [2.05, 4.69) is 45.3 Å². The molecule has 0 bridgehead atoms. The first kappa shape index (κ1) is 15.0. The normalized spacial score (nSPS) is 12.2. The molecule has 0 aliphatic rings. The Morgan fingerprint density at radius 1 is 1.20 bits per heavy atom. The molecule has 3 nitrogen and oxygen atoms in total. The summed E-state index contributed by atoms with van der Waals surface area (Å²) in [7, 11) is 1.68. The minimum Gasteiger partial charge on any atom is -0.497 e. The van der Waals surface area contributed by atoms with Crippen LogP contribution < -0.4 is 10.1 Å². The topological polar surface area (TPSA) is 34.1 Å². The monoisotopic (exact) mass is 334 g/mol. The molecule has 4 heteroatoms. The second kappa shape index (κ2) is 7.41. The molecule has 0 saturated heterocycles.